The predicted octanol–water partition coefficient (Wildman–Crippen LogP) is 1.90. The second-order valence-electron chi connectivity index (χ2n) is 6.95. The third-order valence-corrected chi connectivity index (χ3v) is 6.08. The summed E-state index contributed by atoms with van der Waals surface area (Å²) in [6.45, 7) is 3.24. The molecule has 2 aromatic carbocycles. The molecule has 156 valence electrons. The SMILES string of the molecule is COc1ccc(C(CNC(=O)c2cccc(S(C)(=O)=O)c2)N2CCOCC2)cc1. The molecule has 7 nitrogen and oxygen atoms in total. The van der Waals surface area contributed by atoms with Gasteiger partial charge < -0.3 is 14.8 Å². The Kier molecular flexibility index (Phi) is 6.89. The van der Waals surface area contributed by atoms with Crippen molar-refractivity contribution in [3.05, 3.63) is 59.7 Å². The molecule has 1 saturated heterocycles. The summed E-state index contributed by atoms with van der Waals surface area (Å²) < 4.78 is 34.2. The van der Waals surface area contributed by atoms with E-state index in [9.17, 15) is 13.2 Å². The van der Waals surface area contributed by atoms with Crippen LogP contribution in [0.5, 0.6) is 5.75 Å². The molecular weight excluding hydrogens is 392 g/mol. The standard InChI is InChI=1S/C21H26N2O5S/c1-27-18-8-6-16(7-9-18)20(23-10-12-28-13-11-23)15-22-21(24)17-4-3-5-19(14-17)29(2,25)26/h3-9,14,20H,10-13,15H2,1-2H3,(H,22,24). The normalized spacial score (nSPS) is 16.2. The van der Waals surface area contributed by atoms with Crippen LogP contribution in [-0.2, 0) is 14.6 Å². The van der Waals surface area contributed by atoms with Gasteiger partial charge in [0.25, 0.3) is 5.91 Å². The van der Waals surface area contributed by atoms with Gasteiger partial charge in [-0.3, -0.25) is 9.69 Å². The molecule has 1 fully saturated rings. The van der Waals surface area contributed by atoms with E-state index >= 15 is 0 Å². The summed E-state index contributed by atoms with van der Waals surface area (Å²) in [5.74, 6) is 0.471. The van der Waals surface area contributed by atoms with Crippen LogP contribution in [0.3, 0.4) is 0 Å². The van der Waals surface area contributed by atoms with Gasteiger partial charge in [0, 0.05) is 31.5 Å². The van der Waals surface area contributed by atoms with Crippen LogP contribution in [0.2, 0.25) is 0 Å². The first-order valence-electron chi connectivity index (χ1n) is 9.42. The number of benzene rings is 2. The Morgan fingerprint density at radius 1 is 1.17 bits per heavy atom. The first-order chi connectivity index (χ1) is 13.9. The minimum absolute atomic E-state index is 0.0214. The molecule has 2 aromatic rings. The summed E-state index contributed by atoms with van der Waals surface area (Å²) in [7, 11) is -1.75. The smallest absolute Gasteiger partial charge is 0.251 e. The monoisotopic (exact) mass is 418 g/mol. The fourth-order valence-corrected chi connectivity index (χ4v) is 4.00. The first kappa shape index (κ1) is 21.3. The van der Waals surface area contributed by atoms with Gasteiger partial charge in [-0.15, -0.1) is 0 Å². The molecule has 0 aliphatic carbocycles. The van der Waals surface area contributed by atoms with E-state index in [2.05, 4.69) is 10.2 Å². The number of rotatable bonds is 7. The second-order valence-corrected chi connectivity index (χ2v) is 8.96. The van der Waals surface area contributed by atoms with Crippen molar-refractivity contribution in [2.75, 3.05) is 46.2 Å². The van der Waals surface area contributed by atoms with Crippen molar-refractivity contribution in [1.29, 1.82) is 0 Å². The number of nitrogens with zero attached hydrogens (tertiary/aromatic N) is 1. The average Bonchev–Trinajstić information content (AvgIpc) is 2.74. The molecule has 0 saturated carbocycles. The molecule has 0 bridgehead atoms. The van der Waals surface area contributed by atoms with Crippen molar-refractivity contribution < 1.29 is 22.7 Å². The first-order valence-corrected chi connectivity index (χ1v) is 11.3. The molecule has 0 spiro atoms. The summed E-state index contributed by atoms with van der Waals surface area (Å²) in [6, 6.07) is 13.9. The van der Waals surface area contributed by atoms with Gasteiger partial charge in [0.1, 0.15) is 5.75 Å². The van der Waals surface area contributed by atoms with Crippen molar-refractivity contribution in [3.8, 4) is 5.75 Å². The zero-order valence-corrected chi connectivity index (χ0v) is 17.4. The number of morpholine rings is 1. The maximum atomic E-state index is 12.7. The largest absolute Gasteiger partial charge is 0.497 e. The van der Waals surface area contributed by atoms with Gasteiger partial charge in [0.05, 0.1) is 31.3 Å². The highest BCUT2D eigenvalue weighted by atomic mass is 32.2. The van der Waals surface area contributed by atoms with E-state index in [0.29, 0.717) is 25.3 Å². The lowest BCUT2D eigenvalue weighted by Crippen LogP contribution is -2.43. The Balaban J connectivity index is 1.76. The Bertz CT molecular complexity index is 938. The number of hydrogen-bond donors (Lipinski definition) is 1. The van der Waals surface area contributed by atoms with Gasteiger partial charge in [-0.25, -0.2) is 8.42 Å². The molecule has 1 amide bonds. The van der Waals surface area contributed by atoms with Gasteiger partial charge in [-0.2, -0.15) is 0 Å². The summed E-state index contributed by atoms with van der Waals surface area (Å²) in [6.07, 6.45) is 1.13. The number of carbonyl (C=O) groups excluding carboxylic acids is 1. The number of sulfone groups is 1. The molecule has 29 heavy (non-hydrogen) atoms. The van der Waals surface area contributed by atoms with Crippen LogP contribution in [0.15, 0.2) is 53.4 Å². The third-order valence-electron chi connectivity index (χ3n) is 4.97. The van der Waals surface area contributed by atoms with E-state index in [4.69, 9.17) is 9.47 Å². The Morgan fingerprint density at radius 3 is 2.48 bits per heavy atom. The third kappa shape index (κ3) is 5.56. The van der Waals surface area contributed by atoms with Crippen LogP contribution < -0.4 is 10.1 Å². The number of methoxy groups -OCH3 is 1. The summed E-state index contributed by atoms with van der Waals surface area (Å²) >= 11 is 0. The zero-order chi connectivity index (χ0) is 20.9. The lowest BCUT2D eigenvalue weighted by molar-refractivity contribution is 0.0162. The van der Waals surface area contributed by atoms with Crippen molar-refractivity contribution in [2.45, 2.75) is 10.9 Å². The fraction of sp³-hybridized carbons (Fsp3) is 0.381. The molecular formula is C21H26N2O5S. The van der Waals surface area contributed by atoms with Crippen molar-refractivity contribution in [1.82, 2.24) is 10.2 Å². The summed E-state index contributed by atoms with van der Waals surface area (Å²) in [4.78, 5) is 15.1. The zero-order valence-electron chi connectivity index (χ0n) is 16.6. The molecule has 1 aliphatic rings. The molecule has 0 radical (unpaired) electrons. The van der Waals surface area contributed by atoms with Crippen LogP contribution in [0.25, 0.3) is 0 Å². The molecule has 3 rings (SSSR count). The highest BCUT2D eigenvalue weighted by Crippen LogP contribution is 2.24. The van der Waals surface area contributed by atoms with E-state index in [-0.39, 0.29) is 16.8 Å². The predicted molar refractivity (Wildman–Crippen MR) is 110 cm³/mol. The highest BCUT2D eigenvalue weighted by Gasteiger charge is 2.23. The fourth-order valence-electron chi connectivity index (χ4n) is 3.33. The quantitative estimate of drug-likeness (QED) is 0.739. The van der Waals surface area contributed by atoms with Gasteiger partial charge in [-0.1, -0.05) is 18.2 Å². The van der Waals surface area contributed by atoms with Crippen molar-refractivity contribution >= 4 is 15.7 Å². The topological polar surface area (TPSA) is 84.9 Å². The number of ether oxygens (including phenoxy) is 2. The molecule has 8 heteroatoms. The van der Waals surface area contributed by atoms with E-state index < -0.39 is 9.84 Å². The van der Waals surface area contributed by atoms with Crippen molar-refractivity contribution in [3.63, 3.8) is 0 Å². The van der Waals surface area contributed by atoms with E-state index in [1.54, 1.807) is 19.2 Å². The summed E-state index contributed by atoms with van der Waals surface area (Å²) in [5.41, 5.74) is 1.39. The molecule has 0 aromatic heterocycles. The number of carbonyl (C=O) groups is 1. The highest BCUT2D eigenvalue weighted by molar-refractivity contribution is 7.90. The number of nitrogens with one attached hydrogen (secondary N) is 1. The van der Waals surface area contributed by atoms with Crippen LogP contribution in [0, 0.1) is 0 Å². The van der Waals surface area contributed by atoms with Gasteiger partial charge >= 0.3 is 0 Å². The molecule has 1 N–H and O–H groups in total. The maximum absolute atomic E-state index is 12.7. The van der Waals surface area contributed by atoms with E-state index in [1.807, 2.05) is 24.3 Å². The minimum atomic E-state index is -3.37. The van der Waals surface area contributed by atoms with Crippen LogP contribution in [-0.4, -0.2) is 65.4 Å². The minimum Gasteiger partial charge on any atom is -0.497 e. The molecule has 1 atom stereocenters. The van der Waals surface area contributed by atoms with Gasteiger partial charge in [0.15, 0.2) is 9.84 Å². The Hall–Kier alpha value is -2.42. The lowest BCUT2D eigenvalue weighted by Gasteiger charge is -2.35. The maximum Gasteiger partial charge on any atom is 0.251 e. The number of hydrogen-bond acceptors (Lipinski definition) is 6. The molecule has 1 heterocycles. The summed E-state index contributed by atoms with van der Waals surface area (Å²) in [5, 5.41) is 2.95. The van der Waals surface area contributed by atoms with Gasteiger partial charge in [0.2, 0.25) is 0 Å². The average molecular weight is 419 g/mol. The van der Waals surface area contributed by atoms with Crippen molar-refractivity contribution in [2.24, 2.45) is 0 Å². The molecule has 1 aliphatic heterocycles. The van der Waals surface area contributed by atoms with Crippen LogP contribution in [0.4, 0.5) is 0 Å². The van der Waals surface area contributed by atoms with E-state index in [1.165, 1.54) is 12.1 Å². The van der Waals surface area contributed by atoms with Crippen LogP contribution in [0.1, 0.15) is 22.0 Å². The van der Waals surface area contributed by atoms with E-state index in [0.717, 1.165) is 30.7 Å². The van der Waals surface area contributed by atoms with Crippen LogP contribution >= 0.6 is 0 Å². The second kappa shape index (κ2) is 9.39. The Labute approximate surface area is 171 Å². The lowest BCUT2D eigenvalue weighted by atomic mass is 10.0. The number of amides is 1. The Morgan fingerprint density at radius 2 is 1.86 bits per heavy atom. The van der Waals surface area contributed by atoms with Gasteiger partial charge in [-0.05, 0) is 35.9 Å². The molecule has 1 unspecified atom stereocenters.